The van der Waals surface area contributed by atoms with Gasteiger partial charge in [-0.3, -0.25) is 14.8 Å². The van der Waals surface area contributed by atoms with Crippen molar-refractivity contribution < 1.29 is 9.59 Å². The number of urea groups is 1. The summed E-state index contributed by atoms with van der Waals surface area (Å²) in [5.41, 5.74) is 7.25. The molecule has 1 saturated carbocycles. The quantitative estimate of drug-likeness (QED) is 0.857. The number of nitrogens with zero attached hydrogens (tertiary/aromatic N) is 4. The van der Waals surface area contributed by atoms with Crippen molar-refractivity contribution in [1.82, 2.24) is 19.7 Å². The number of nitrogens with two attached hydrogens (primary N) is 1. The van der Waals surface area contributed by atoms with E-state index in [-0.39, 0.29) is 6.03 Å². The van der Waals surface area contributed by atoms with E-state index in [9.17, 15) is 9.59 Å². The molecule has 1 aliphatic carbocycles. The van der Waals surface area contributed by atoms with Gasteiger partial charge in [0, 0.05) is 18.3 Å². The van der Waals surface area contributed by atoms with Gasteiger partial charge in [-0.1, -0.05) is 11.3 Å². The molecular weight excluding hydrogens is 352 g/mol. The minimum Gasteiger partial charge on any atom is -0.368 e. The van der Waals surface area contributed by atoms with Gasteiger partial charge < -0.3 is 10.6 Å². The molecule has 1 saturated heterocycles. The number of anilines is 1. The molecule has 1 atom stereocenters. The van der Waals surface area contributed by atoms with Crippen molar-refractivity contribution >= 4 is 28.4 Å². The molecule has 2 aromatic rings. The molecule has 26 heavy (non-hydrogen) atoms. The summed E-state index contributed by atoms with van der Waals surface area (Å²) in [5, 5.41) is 7.80. The maximum Gasteiger partial charge on any atom is 0.324 e. The molecule has 0 aromatic carbocycles. The number of rotatable bonds is 4. The number of nitrogens with one attached hydrogen (secondary N) is 1. The fourth-order valence-corrected chi connectivity index (χ4v) is 4.42. The zero-order valence-corrected chi connectivity index (χ0v) is 15.5. The van der Waals surface area contributed by atoms with Crippen molar-refractivity contribution in [1.29, 1.82) is 0 Å². The maximum atomic E-state index is 12.5. The first kappa shape index (κ1) is 17.0. The molecule has 2 aliphatic rings. The van der Waals surface area contributed by atoms with Crippen molar-refractivity contribution in [3.8, 4) is 10.4 Å². The minimum absolute atomic E-state index is 0.322. The summed E-state index contributed by atoms with van der Waals surface area (Å²) in [6, 6.07) is -0.343. The molecule has 2 aromatic heterocycles. The molecule has 9 heteroatoms. The van der Waals surface area contributed by atoms with Crippen LogP contribution < -0.4 is 11.1 Å². The average Bonchev–Trinajstić information content (AvgIpc) is 3.24. The summed E-state index contributed by atoms with van der Waals surface area (Å²) in [6.07, 6.45) is 8.93. The molecular formula is C17H22N6O2S. The Kier molecular flexibility index (Phi) is 4.39. The van der Waals surface area contributed by atoms with Gasteiger partial charge >= 0.3 is 6.03 Å². The van der Waals surface area contributed by atoms with Crippen LogP contribution in [-0.2, 0) is 4.79 Å². The molecule has 3 N–H and O–H groups in total. The maximum absolute atomic E-state index is 12.5. The number of aryl methyl sites for hydroxylation is 1. The number of hydrogen-bond donors (Lipinski definition) is 2. The third-order valence-electron chi connectivity index (χ3n) is 5.17. The SMILES string of the molecule is Cc1nc(NC(=O)N2CCC[C@H]2C(N)=O)sc1-c1cnn(C2CCC2)c1. The molecule has 3 heterocycles. The number of likely N-dealkylation sites (tertiary alicyclic amines) is 1. The molecule has 2 fully saturated rings. The second-order valence-corrected chi connectivity index (χ2v) is 7.91. The van der Waals surface area contributed by atoms with Crippen LogP contribution >= 0.6 is 11.3 Å². The lowest BCUT2D eigenvalue weighted by Crippen LogP contribution is -2.45. The Labute approximate surface area is 155 Å². The summed E-state index contributed by atoms with van der Waals surface area (Å²) in [7, 11) is 0. The van der Waals surface area contributed by atoms with Gasteiger partial charge in [0.15, 0.2) is 5.13 Å². The lowest BCUT2D eigenvalue weighted by Gasteiger charge is -2.25. The smallest absolute Gasteiger partial charge is 0.324 e. The van der Waals surface area contributed by atoms with E-state index in [2.05, 4.69) is 21.6 Å². The van der Waals surface area contributed by atoms with Gasteiger partial charge in [0.25, 0.3) is 0 Å². The molecule has 0 unspecified atom stereocenters. The van der Waals surface area contributed by atoms with Gasteiger partial charge in [-0.05, 0) is 39.0 Å². The lowest BCUT2D eigenvalue weighted by atomic mass is 9.93. The van der Waals surface area contributed by atoms with E-state index in [4.69, 9.17) is 5.73 Å². The monoisotopic (exact) mass is 374 g/mol. The predicted molar refractivity (Wildman–Crippen MR) is 98.9 cm³/mol. The third kappa shape index (κ3) is 3.07. The highest BCUT2D eigenvalue weighted by atomic mass is 32.1. The third-order valence-corrected chi connectivity index (χ3v) is 6.29. The van der Waals surface area contributed by atoms with E-state index in [1.165, 1.54) is 35.5 Å². The zero-order chi connectivity index (χ0) is 18.3. The first-order chi connectivity index (χ1) is 12.5. The Hall–Kier alpha value is -2.42. The second-order valence-electron chi connectivity index (χ2n) is 6.91. The molecule has 138 valence electrons. The van der Waals surface area contributed by atoms with Crippen LogP contribution in [0.15, 0.2) is 12.4 Å². The fraction of sp³-hybridized carbons (Fsp3) is 0.529. The number of hydrogen-bond acceptors (Lipinski definition) is 5. The standard InChI is InChI=1S/C17H22N6O2S/c1-10-14(11-8-19-23(9-11)12-4-2-5-12)26-16(20-10)21-17(25)22-7-3-6-13(22)15(18)24/h8-9,12-13H,2-7H2,1H3,(H2,18,24)(H,20,21,25)/t13-/m0/s1. The van der Waals surface area contributed by atoms with Crippen molar-refractivity contribution in [2.24, 2.45) is 5.73 Å². The predicted octanol–water partition coefficient (Wildman–Crippen LogP) is 2.52. The Bertz CT molecular complexity index is 840. The normalized spacial score (nSPS) is 20.2. The first-order valence-electron chi connectivity index (χ1n) is 8.92. The highest BCUT2D eigenvalue weighted by molar-refractivity contribution is 7.19. The van der Waals surface area contributed by atoms with E-state index >= 15 is 0 Å². The summed E-state index contributed by atoms with van der Waals surface area (Å²) >= 11 is 1.42. The van der Waals surface area contributed by atoms with Gasteiger partial charge in [0.05, 0.1) is 22.8 Å². The minimum atomic E-state index is -0.531. The number of carbonyl (C=O) groups is 2. The van der Waals surface area contributed by atoms with E-state index in [1.54, 1.807) is 0 Å². The van der Waals surface area contributed by atoms with Crippen molar-refractivity contribution in [3.05, 3.63) is 18.1 Å². The topological polar surface area (TPSA) is 106 Å². The summed E-state index contributed by atoms with van der Waals surface area (Å²) < 4.78 is 2.03. The highest BCUT2D eigenvalue weighted by Gasteiger charge is 2.33. The van der Waals surface area contributed by atoms with Gasteiger partial charge in [-0.2, -0.15) is 5.10 Å². The highest BCUT2D eigenvalue weighted by Crippen LogP contribution is 2.36. The second kappa shape index (κ2) is 6.71. The summed E-state index contributed by atoms with van der Waals surface area (Å²) in [4.78, 5) is 30.9. The number of primary amides is 1. The Morgan fingerprint density at radius 2 is 2.12 bits per heavy atom. The summed E-state index contributed by atoms with van der Waals surface area (Å²) in [5.74, 6) is -0.461. The van der Waals surface area contributed by atoms with Crippen molar-refractivity contribution in [2.45, 2.75) is 51.1 Å². The van der Waals surface area contributed by atoms with Gasteiger partial charge in [0.1, 0.15) is 6.04 Å². The number of thiazole rings is 1. The Morgan fingerprint density at radius 1 is 1.31 bits per heavy atom. The molecule has 8 nitrogen and oxygen atoms in total. The van der Waals surface area contributed by atoms with Crippen molar-refractivity contribution in [3.63, 3.8) is 0 Å². The number of aromatic nitrogens is 3. The largest absolute Gasteiger partial charge is 0.368 e. The molecule has 0 bridgehead atoms. The number of carbonyl (C=O) groups excluding carboxylic acids is 2. The van der Waals surface area contributed by atoms with Crippen LogP contribution in [0.4, 0.5) is 9.93 Å². The first-order valence-corrected chi connectivity index (χ1v) is 9.73. The number of amides is 3. The van der Waals surface area contributed by atoms with Crippen LogP contribution in [0.2, 0.25) is 0 Å². The van der Waals surface area contributed by atoms with Crippen LogP contribution in [0.1, 0.15) is 43.8 Å². The Balaban J connectivity index is 1.48. The average molecular weight is 374 g/mol. The fourth-order valence-electron chi connectivity index (χ4n) is 3.49. The van der Waals surface area contributed by atoms with E-state index in [0.717, 1.165) is 22.6 Å². The van der Waals surface area contributed by atoms with Gasteiger partial charge in [-0.15, -0.1) is 0 Å². The lowest BCUT2D eigenvalue weighted by molar-refractivity contribution is -0.121. The van der Waals surface area contributed by atoms with E-state index in [1.807, 2.05) is 17.8 Å². The molecule has 3 amide bonds. The molecule has 4 rings (SSSR count). The van der Waals surface area contributed by atoms with Crippen LogP contribution in [0.25, 0.3) is 10.4 Å². The van der Waals surface area contributed by atoms with Crippen LogP contribution in [0.3, 0.4) is 0 Å². The van der Waals surface area contributed by atoms with Gasteiger partial charge in [-0.25, -0.2) is 9.78 Å². The van der Waals surface area contributed by atoms with Gasteiger partial charge in [0.2, 0.25) is 5.91 Å². The van der Waals surface area contributed by atoms with E-state index < -0.39 is 11.9 Å². The van der Waals surface area contributed by atoms with Crippen molar-refractivity contribution in [2.75, 3.05) is 11.9 Å². The van der Waals surface area contributed by atoms with Crippen LogP contribution in [0, 0.1) is 6.92 Å². The van der Waals surface area contributed by atoms with Crippen LogP contribution in [-0.4, -0.2) is 44.2 Å². The zero-order valence-electron chi connectivity index (χ0n) is 14.6. The van der Waals surface area contributed by atoms with E-state index in [0.29, 0.717) is 24.1 Å². The molecule has 0 radical (unpaired) electrons. The Morgan fingerprint density at radius 3 is 2.81 bits per heavy atom. The van der Waals surface area contributed by atoms with Crippen LogP contribution in [0.5, 0.6) is 0 Å². The molecule has 0 spiro atoms. The molecule has 1 aliphatic heterocycles. The summed E-state index contributed by atoms with van der Waals surface area (Å²) in [6.45, 7) is 2.45.